The van der Waals surface area contributed by atoms with Crippen molar-refractivity contribution in [2.75, 3.05) is 0 Å². The van der Waals surface area contributed by atoms with Crippen molar-refractivity contribution in [1.82, 2.24) is 24.7 Å². The zero-order valence-electron chi connectivity index (χ0n) is 16.4. The standard InChI is InChI=1S/C17H22B4N6/c18-16(19)3-4-17(20,21)14(16)12(1-5-22)27-8-10(7-26-27)13-11-2-6-23-15(11)25-9-24-13/h2,6-9,12,14H,1,3-4,18-21H2,(H,23,24,25)/t12-/m1/s1. The van der Waals surface area contributed by atoms with Gasteiger partial charge in [0.1, 0.15) is 12.0 Å². The number of nitriles is 1. The summed E-state index contributed by atoms with van der Waals surface area (Å²) in [5, 5.41) is 15.5. The van der Waals surface area contributed by atoms with Crippen molar-refractivity contribution >= 4 is 42.4 Å². The summed E-state index contributed by atoms with van der Waals surface area (Å²) >= 11 is 0. The van der Waals surface area contributed by atoms with Gasteiger partial charge in [0, 0.05) is 23.3 Å². The second-order valence-electron chi connectivity index (χ2n) is 9.06. The molecule has 1 atom stereocenters. The third kappa shape index (κ3) is 2.99. The number of fused-ring (bicyclic) bond motifs is 1. The van der Waals surface area contributed by atoms with E-state index in [1.165, 1.54) is 12.8 Å². The van der Waals surface area contributed by atoms with Gasteiger partial charge in [-0.1, -0.05) is 23.3 Å². The Kier molecular flexibility index (Phi) is 4.21. The summed E-state index contributed by atoms with van der Waals surface area (Å²) < 4.78 is 2.00. The number of hydrogen-bond donors (Lipinski definition) is 1. The van der Waals surface area contributed by atoms with Gasteiger partial charge in [-0.05, 0) is 12.0 Å². The topological polar surface area (TPSA) is 83.2 Å². The molecule has 132 valence electrons. The summed E-state index contributed by atoms with van der Waals surface area (Å²) in [5.74, 6) is 0.384. The van der Waals surface area contributed by atoms with Crippen LogP contribution in [0.1, 0.15) is 25.3 Å². The quantitative estimate of drug-likeness (QED) is 0.638. The third-order valence-corrected chi connectivity index (χ3v) is 6.35. The summed E-state index contributed by atoms with van der Waals surface area (Å²) in [5.41, 5.74) is 2.64. The number of aromatic amines is 1. The molecule has 10 heteroatoms. The molecular weight excluding hydrogens is 331 g/mol. The fraction of sp³-hybridized carbons (Fsp3) is 0.412. The summed E-state index contributed by atoms with van der Waals surface area (Å²) in [6.45, 7) is 0. The highest BCUT2D eigenvalue weighted by molar-refractivity contribution is 6.45. The van der Waals surface area contributed by atoms with Gasteiger partial charge in [-0.25, -0.2) is 9.97 Å². The lowest BCUT2D eigenvalue weighted by molar-refractivity contribution is 0.287. The van der Waals surface area contributed by atoms with Crippen molar-refractivity contribution < 1.29 is 0 Å². The van der Waals surface area contributed by atoms with Crippen LogP contribution in [-0.2, 0) is 0 Å². The van der Waals surface area contributed by atoms with Crippen molar-refractivity contribution in [3.8, 4) is 17.3 Å². The van der Waals surface area contributed by atoms with Crippen molar-refractivity contribution in [2.45, 2.75) is 35.7 Å². The molecule has 1 saturated carbocycles. The van der Waals surface area contributed by atoms with E-state index in [0.717, 1.165) is 22.3 Å². The Morgan fingerprint density at radius 1 is 1.26 bits per heavy atom. The summed E-state index contributed by atoms with van der Waals surface area (Å²) in [6, 6.07) is 4.44. The maximum Gasteiger partial charge on any atom is 0.141 e. The largest absolute Gasteiger partial charge is 0.346 e. The first kappa shape index (κ1) is 18.0. The molecule has 0 saturated heterocycles. The molecule has 0 spiro atoms. The van der Waals surface area contributed by atoms with Crippen molar-refractivity contribution in [3.63, 3.8) is 0 Å². The summed E-state index contributed by atoms with van der Waals surface area (Å²) in [7, 11) is 9.31. The van der Waals surface area contributed by atoms with Gasteiger partial charge in [0.15, 0.2) is 0 Å². The highest BCUT2D eigenvalue weighted by atomic mass is 15.3. The van der Waals surface area contributed by atoms with Gasteiger partial charge >= 0.3 is 0 Å². The Morgan fingerprint density at radius 3 is 2.70 bits per heavy atom. The van der Waals surface area contributed by atoms with E-state index in [9.17, 15) is 5.26 Å². The van der Waals surface area contributed by atoms with Crippen LogP contribution in [0.25, 0.3) is 22.3 Å². The van der Waals surface area contributed by atoms with Gasteiger partial charge in [0.05, 0.1) is 61.8 Å². The smallest absolute Gasteiger partial charge is 0.141 e. The lowest BCUT2D eigenvalue weighted by Crippen LogP contribution is -2.36. The Morgan fingerprint density at radius 2 is 2.00 bits per heavy atom. The van der Waals surface area contributed by atoms with E-state index in [4.69, 9.17) is 0 Å². The molecular formula is C17H22B4N6. The Bertz CT molecular complexity index is 1000. The van der Waals surface area contributed by atoms with Crippen LogP contribution in [0.3, 0.4) is 0 Å². The number of nitrogens with one attached hydrogen (secondary N) is 1. The van der Waals surface area contributed by atoms with Gasteiger partial charge in [0.2, 0.25) is 0 Å². The SMILES string of the molecule is BC1(B)CCC(B)(B)C1[C@@H](CC#N)n1cc(-c2ncnc3[nH]ccc23)cn1. The zero-order valence-corrected chi connectivity index (χ0v) is 16.4. The zero-order chi connectivity index (χ0) is 19.2. The lowest BCUT2D eigenvalue weighted by atomic mass is 9.39. The van der Waals surface area contributed by atoms with E-state index in [2.05, 4.69) is 57.5 Å². The van der Waals surface area contributed by atoms with Gasteiger partial charge < -0.3 is 4.98 Å². The second-order valence-corrected chi connectivity index (χ2v) is 9.06. The maximum atomic E-state index is 9.52. The molecule has 3 aromatic rings. The van der Waals surface area contributed by atoms with Gasteiger partial charge in [-0.15, -0.1) is 0 Å². The van der Waals surface area contributed by atoms with Crippen LogP contribution in [0.5, 0.6) is 0 Å². The van der Waals surface area contributed by atoms with E-state index in [1.807, 2.05) is 29.3 Å². The lowest BCUT2D eigenvalue weighted by Gasteiger charge is -2.41. The predicted octanol–water partition coefficient (Wildman–Crippen LogP) is -0.549. The molecule has 0 radical (unpaired) electrons. The van der Waals surface area contributed by atoms with Crippen LogP contribution < -0.4 is 0 Å². The number of aromatic nitrogens is 5. The van der Waals surface area contributed by atoms with E-state index in [-0.39, 0.29) is 16.5 Å². The minimum atomic E-state index is 0.0554. The molecule has 1 fully saturated rings. The van der Waals surface area contributed by atoms with Crippen molar-refractivity contribution in [3.05, 3.63) is 31.0 Å². The monoisotopic (exact) mass is 354 g/mol. The average Bonchev–Trinajstić information content (AvgIpc) is 3.32. The molecule has 3 heterocycles. The fourth-order valence-electron chi connectivity index (χ4n) is 5.26. The second kappa shape index (κ2) is 6.33. The van der Waals surface area contributed by atoms with E-state index in [0.29, 0.717) is 12.3 Å². The van der Waals surface area contributed by atoms with Crippen LogP contribution in [0.4, 0.5) is 0 Å². The Balaban J connectivity index is 1.76. The van der Waals surface area contributed by atoms with Crippen molar-refractivity contribution in [2.24, 2.45) is 5.92 Å². The first-order chi connectivity index (χ1) is 12.8. The van der Waals surface area contributed by atoms with E-state index >= 15 is 0 Å². The minimum Gasteiger partial charge on any atom is -0.346 e. The van der Waals surface area contributed by atoms with Crippen molar-refractivity contribution in [1.29, 1.82) is 5.26 Å². The molecule has 27 heavy (non-hydrogen) atoms. The number of hydrogen-bond acceptors (Lipinski definition) is 4. The van der Waals surface area contributed by atoms with Crippen LogP contribution in [0.15, 0.2) is 31.0 Å². The molecule has 4 rings (SSSR count). The fourth-order valence-corrected chi connectivity index (χ4v) is 5.26. The highest BCUT2D eigenvalue weighted by Gasteiger charge is 2.50. The molecule has 1 aliphatic carbocycles. The highest BCUT2D eigenvalue weighted by Crippen LogP contribution is 2.61. The maximum absolute atomic E-state index is 9.52. The molecule has 1 aliphatic rings. The summed E-state index contributed by atoms with van der Waals surface area (Å²) in [4.78, 5) is 11.9. The number of H-pyrrole nitrogens is 1. The van der Waals surface area contributed by atoms with E-state index < -0.39 is 0 Å². The molecule has 0 aliphatic heterocycles. The summed E-state index contributed by atoms with van der Waals surface area (Å²) in [6.07, 6.45) is 10.2. The molecule has 6 nitrogen and oxygen atoms in total. The van der Waals surface area contributed by atoms with Crippen LogP contribution in [0, 0.1) is 17.2 Å². The normalized spacial score (nSPS) is 19.8. The number of rotatable bonds is 4. The minimum absolute atomic E-state index is 0.0554. The van der Waals surface area contributed by atoms with Crippen LogP contribution in [-0.4, -0.2) is 56.1 Å². The Labute approximate surface area is 162 Å². The molecule has 0 aromatic carbocycles. The molecule has 0 amide bonds. The van der Waals surface area contributed by atoms with Gasteiger partial charge in [-0.2, -0.15) is 10.4 Å². The predicted molar refractivity (Wildman–Crippen MR) is 117 cm³/mol. The molecule has 3 aromatic heterocycles. The Hall–Kier alpha value is -2.42. The molecule has 0 unspecified atom stereocenters. The first-order valence-electron chi connectivity index (χ1n) is 9.53. The average molecular weight is 354 g/mol. The number of nitrogens with zero attached hydrogens (tertiary/aromatic N) is 5. The molecule has 0 bridgehead atoms. The molecule has 1 N–H and O–H groups in total. The van der Waals surface area contributed by atoms with Crippen LogP contribution >= 0.6 is 0 Å². The van der Waals surface area contributed by atoms with E-state index in [1.54, 1.807) is 6.33 Å². The third-order valence-electron chi connectivity index (χ3n) is 6.35. The first-order valence-corrected chi connectivity index (χ1v) is 9.53. The van der Waals surface area contributed by atoms with Crippen LogP contribution in [0.2, 0.25) is 10.4 Å². The van der Waals surface area contributed by atoms with Gasteiger partial charge in [0.25, 0.3) is 0 Å². The van der Waals surface area contributed by atoms with Gasteiger partial charge in [-0.3, -0.25) is 4.68 Å².